The largest absolute Gasteiger partial charge is 0.493 e. The summed E-state index contributed by atoms with van der Waals surface area (Å²) >= 11 is 0. The molecule has 1 aromatic rings. The highest BCUT2D eigenvalue weighted by Gasteiger charge is 2.84. The molecular formula is C25H29NO6. The van der Waals surface area contributed by atoms with Crippen LogP contribution in [0.2, 0.25) is 0 Å². The molecule has 4 aliphatic carbocycles. The Morgan fingerprint density at radius 1 is 1.16 bits per heavy atom. The van der Waals surface area contributed by atoms with Crippen LogP contribution in [-0.2, 0) is 30.9 Å². The van der Waals surface area contributed by atoms with E-state index >= 15 is 0 Å². The molecule has 0 radical (unpaired) electrons. The van der Waals surface area contributed by atoms with E-state index in [2.05, 4.69) is 37.1 Å². The fraction of sp³-hybridized carbons (Fsp3) is 0.600. The second kappa shape index (κ2) is 6.07. The van der Waals surface area contributed by atoms with Gasteiger partial charge in [0.2, 0.25) is 0 Å². The van der Waals surface area contributed by atoms with Gasteiger partial charge in [-0.2, -0.15) is 0 Å². The third-order valence-electron chi connectivity index (χ3n) is 9.50. The van der Waals surface area contributed by atoms with Crippen LogP contribution in [0.1, 0.15) is 24.5 Å². The molecule has 170 valence electrons. The van der Waals surface area contributed by atoms with Crippen LogP contribution in [0.5, 0.6) is 11.5 Å². The van der Waals surface area contributed by atoms with Gasteiger partial charge >= 0.3 is 11.9 Å². The van der Waals surface area contributed by atoms with E-state index in [0.29, 0.717) is 5.75 Å². The van der Waals surface area contributed by atoms with E-state index in [4.69, 9.17) is 18.9 Å². The van der Waals surface area contributed by atoms with E-state index in [1.807, 2.05) is 6.07 Å². The maximum Gasteiger partial charge on any atom is 0.310 e. The first-order valence-electron chi connectivity index (χ1n) is 11.3. The number of fused-ring (bicyclic) bond motifs is 1. The SMILES string of the molecule is COC(=O)[C@@H]1[C@H]2C=C[C@@]3([C@H]1C(=O)OC)[C@H]1Cc4ccc(OC)c5c4[C@@]3(CCN1C)[C@@]2(C)O5. The Morgan fingerprint density at radius 2 is 1.91 bits per heavy atom. The number of nitrogens with zero attached hydrogens (tertiary/aromatic N) is 1. The molecule has 7 atom stereocenters. The molecule has 7 heteroatoms. The van der Waals surface area contributed by atoms with Gasteiger partial charge in [0.05, 0.1) is 38.6 Å². The van der Waals surface area contributed by atoms with Crippen molar-refractivity contribution in [2.24, 2.45) is 23.2 Å². The first-order chi connectivity index (χ1) is 15.3. The zero-order chi connectivity index (χ0) is 22.6. The molecule has 0 unspecified atom stereocenters. The van der Waals surface area contributed by atoms with Crippen LogP contribution in [0.3, 0.4) is 0 Å². The van der Waals surface area contributed by atoms with Crippen molar-refractivity contribution in [3.63, 3.8) is 0 Å². The smallest absolute Gasteiger partial charge is 0.310 e. The van der Waals surface area contributed by atoms with Crippen LogP contribution in [-0.4, -0.2) is 63.4 Å². The molecule has 0 amide bonds. The Morgan fingerprint density at radius 3 is 2.59 bits per heavy atom. The monoisotopic (exact) mass is 439 g/mol. The Kier molecular flexibility index (Phi) is 3.81. The molecule has 7 rings (SSSR count). The van der Waals surface area contributed by atoms with Gasteiger partial charge in [-0.25, -0.2) is 0 Å². The summed E-state index contributed by atoms with van der Waals surface area (Å²) in [4.78, 5) is 29.1. The van der Waals surface area contributed by atoms with Gasteiger partial charge in [0.1, 0.15) is 5.60 Å². The average Bonchev–Trinajstić information content (AvgIpc) is 3.09. The Hall–Kier alpha value is -2.54. The van der Waals surface area contributed by atoms with Crippen molar-refractivity contribution in [2.45, 2.75) is 36.8 Å². The van der Waals surface area contributed by atoms with Gasteiger partial charge in [-0.15, -0.1) is 0 Å². The minimum Gasteiger partial charge on any atom is -0.493 e. The number of hydrogen-bond acceptors (Lipinski definition) is 7. The summed E-state index contributed by atoms with van der Waals surface area (Å²) in [5, 5.41) is 0. The summed E-state index contributed by atoms with van der Waals surface area (Å²) in [7, 11) is 6.57. The van der Waals surface area contributed by atoms with Gasteiger partial charge < -0.3 is 23.8 Å². The highest BCUT2D eigenvalue weighted by atomic mass is 16.5. The summed E-state index contributed by atoms with van der Waals surface area (Å²) in [5.74, 6) is -0.920. The molecule has 7 nitrogen and oxygen atoms in total. The molecule has 1 saturated heterocycles. The number of benzene rings is 1. The van der Waals surface area contributed by atoms with Crippen molar-refractivity contribution < 1.29 is 28.5 Å². The Bertz CT molecular complexity index is 1080. The predicted molar refractivity (Wildman–Crippen MR) is 115 cm³/mol. The molecule has 6 aliphatic rings. The van der Waals surface area contributed by atoms with Crippen LogP contribution < -0.4 is 9.47 Å². The molecule has 0 aromatic heterocycles. The van der Waals surface area contributed by atoms with Gasteiger partial charge in [0.25, 0.3) is 0 Å². The molecule has 4 bridgehead atoms. The van der Waals surface area contributed by atoms with Gasteiger partial charge in [-0.05, 0) is 45.0 Å². The number of likely N-dealkylation sites (N-methyl/N-ethyl adjacent to an activating group) is 1. The summed E-state index contributed by atoms with van der Waals surface area (Å²) in [6.45, 7) is 3.01. The number of rotatable bonds is 3. The number of hydrogen-bond donors (Lipinski definition) is 0. The number of carbonyl (C=O) groups excluding carboxylic acids is 2. The molecule has 0 N–H and O–H groups in total. The summed E-state index contributed by atoms with van der Waals surface area (Å²) in [6, 6.07) is 4.15. The summed E-state index contributed by atoms with van der Waals surface area (Å²) < 4.78 is 23.2. The average molecular weight is 440 g/mol. The van der Waals surface area contributed by atoms with Crippen LogP contribution in [0.25, 0.3) is 0 Å². The Labute approximate surface area is 187 Å². The molecule has 2 heterocycles. The number of piperidine rings is 1. The lowest BCUT2D eigenvalue weighted by Crippen LogP contribution is -2.82. The third-order valence-corrected chi connectivity index (χ3v) is 9.50. The van der Waals surface area contributed by atoms with Gasteiger partial charge in [0.15, 0.2) is 11.5 Å². The molecule has 32 heavy (non-hydrogen) atoms. The van der Waals surface area contributed by atoms with E-state index < -0.39 is 28.3 Å². The van der Waals surface area contributed by atoms with Crippen LogP contribution in [0.15, 0.2) is 24.3 Å². The normalized spacial score (nSPS) is 42.2. The maximum atomic E-state index is 13.5. The molecule has 1 aromatic carbocycles. The van der Waals surface area contributed by atoms with Crippen molar-refractivity contribution in [1.82, 2.24) is 4.90 Å². The molecule has 1 saturated carbocycles. The van der Waals surface area contributed by atoms with Crippen LogP contribution >= 0.6 is 0 Å². The van der Waals surface area contributed by atoms with E-state index in [9.17, 15) is 9.59 Å². The molecular weight excluding hydrogens is 410 g/mol. The third kappa shape index (κ3) is 1.80. The van der Waals surface area contributed by atoms with Crippen molar-refractivity contribution in [2.75, 3.05) is 34.9 Å². The first-order valence-corrected chi connectivity index (χ1v) is 11.3. The Balaban J connectivity index is 1.74. The first kappa shape index (κ1) is 20.1. The quantitative estimate of drug-likeness (QED) is 0.528. The number of esters is 2. The van der Waals surface area contributed by atoms with Crippen molar-refractivity contribution in [1.29, 1.82) is 0 Å². The second-order valence-corrected chi connectivity index (χ2v) is 10.1. The lowest BCUT2D eigenvalue weighted by Gasteiger charge is -2.73. The minimum absolute atomic E-state index is 0.0276. The number of ether oxygens (including phenoxy) is 4. The minimum atomic E-state index is -0.712. The molecule has 2 spiro atoms. The van der Waals surface area contributed by atoms with E-state index in [1.165, 1.54) is 19.8 Å². The lowest BCUT2D eigenvalue weighted by atomic mass is 9.32. The zero-order valence-electron chi connectivity index (χ0n) is 19.1. The van der Waals surface area contributed by atoms with E-state index in [0.717, 1.165) is 30.7 Å². The van der Waals surface area contributed by atoms with E-state index in [-0.39, 0.29) is 23.9 Å². The number of methoxy groups -OCH3 is 3. The topological polar surface area (TPSA) is 74.3 Å². The predicted octanol–water partition coefficient (Wildman–Crippen LogP) is 2.11. The fourth-order valence-electron chi connectivity index (χ4n) is 8.45. The second-order valence-electron chi connectivity index (χ2n) is 10.1. The number of carbonyl (C=O) groups is 2. The van der Waals surface area contributed by atoms with Gasteiger partial charge in [-0.3, -0.25) is 9.59 Å². The van der Waals surface area contributed by atoms with E-state index in [1.54, 1.807) is 7.11 Å². The summed E-state index contributed by atoms with van der Waals surface area (Å²) in [5.41, 5.74) is 0.579. The molecule has 2 aliphatic heterocycles. The number of likely N-dealkylation sites (tertiary alicyclic amines) is 1. The maximum absolute atomic E-state index is 13.5. The highest BCUT2D eigenvalue weighted by molar-refractivity contribution is 5.87. The van der Waals surface area contributed by atoms with Gasteiger partial charge in [-0.1, -0.05) is 18.2 Å². The van der Waals surface area contributed by atoms with Crippen molar-refractivity contribution >= 4 is 11.9 Å². The van der Waals surface area contributed by atoms with Crippen molar-refractivity contribution in [3.8, 4) is 11.5 Å². The fourth-order valence-corrected chi connectivity index (χ4v) is 8.45. The van der Waals surface area contributed by atoms with Crippen LogP contribution in [0, 0.1) is 23.2 Å². The summed E-state index contributed by atoms with van der Waals surface area (Å²) in [6.07, 6.45) is 5.92. The molecule has 2 fully saturated rings. The lowest BCUT2D eigenvalue weighted by molar-refractivity contribution is -0.226. The highest BCUT2D eigenvalue weighted by Crippen LogP contribution is 2.78. The van der Waals surface area contributed by atoms with Gasteiger partial charge in [0, 0.05) is 22.9 Å². The zero-order valence-corrected chi connectivity index (χ0v) is 19.1. The standard InChI is InChI=1S/C25H29NO6/c1-23-14-8-9-24(19(22(28)31-5)17(14)21(27)30-4)16-12-13-6-7-15(29-3)20(32-23)18(13)25(23,24)10-11-26(16)2/h6-9,14,16-17,19H,10-12H2,1-5H3/t14-,16-,17-,19-,23+,24+,25+/m1/s1. The van der Waals surface area contributed by atoms with Crippen molar-refractivity contribution in [3.05, 3.63) is 35.4 Å². The van der Waals surface area contributed by atoms with Crippen LogP contribution in [0.4, 0.5) is 0 Å².